The van der Waals surface area contributed by atoms with Crippen molar-refractivity contribution < 1.29 is 19.0 Å². The summed E-state index contributed by atoms with van der Waals surface area (Å²) >= 11 is 0. The Bertz CT molecular complexity index is 521. The fourth-order valence-electron chi connectivity index (χ4n) is 3.55. The Kier molecular flexibility index (Phi) is 4.52. The van der Waals surface area contributed by atoms with E-state index in [0.717, 1.165) is 19.3 Å². The normalized spacial score (nSPS) is 24.5. The summed E-state index contributed by atoms with van der Waals surface area (Å²) in [5.41, 5.74) is 0.513. The molecule has 0 unspecified atom stereocenters. The van der Waals surface area contributed by atoms with Gasteiger partial charge in [-0.25, -0.2) is 0 Å². The molecule has 5 nitrogen and oxygen atoms in total. The molecule has 0 bridgehead atoms. The van der Waals surface area contributed by atoms with Gasteiger partial charge >= 0.3 is 0 Å². The molecule has 3 rings (SSSR count). The monoisotopic (exact) mass is 305 g/mol. The van der Waals surface area contributed by atoms with Crippen molar-refractivity contribution in [2.45, 2.75) is 37.8 Å². The molecule has 1 saturated carbocycles. The number of fused-ring (bicyclic) bond motifs is 1. The van der Waals surface area contributed by atoms with Gasteiger partial charge in [0.1, 0.15) is 17.1 Å². The number of carbonyl (C=O) groups excluding carboxylic acids is 1. The van der Waals surface area contributed by atoms with E-state index in [0.29, 0.717) is 30.2 Å². The quantitative estimate of drug-likeness (QED) is 0.861. The maximum atomic E-state index is 13.1. The predicted molar refractivity (Wildman–Crippen MR) is 82.6 cm³/mol. The first-order valence-electron chi connectivity index (χ1n) is 7.90. The van der Waals surface area contributed by atoms with E-state index in [9.17, 15) is 4.79 Å². The standard InChI is InChI=1S/C17H23NO4/c1-20-14-8-5-9-15(21-2)16(14)17(19)18-10-11-22-13-7-4-3-6-12(13)18/h5,8-9,12-13H,3-4,6-7,10-11H2,1-2H3/t12-,13-/m0/s1. The summed E-state index contributed by atoms with van der Waals surface area (Å²) in [6.45, 7) is 1.23. The van der Waals surface area contributed by atoms with Gasteiger partial charge in [0.25, 0.3) is 5.91 Å². The average Bonchev–Trinajstić information content (AvgIpc) is 2.59. The molecule has 1 aromatic rings. The lowest BCUT2D eigenvalue weighted by molar-refractivity contribution is -0.0753. The molecule has 2 fully saturated rings. The number of hydrogen-bond acceptors (Lipinski definition) is 4. The number of carbonyl (C=O) groups is 1. The van der Waals surface area contributed by atoms with Crippen LogP contribution in [0.5, 0.6) is 11.5 Å². The van der Waals surface area contributed by atoms with E-state index >= 15 is 0 Å². The van der Waals surface area contributed by atoms with Crippen molar-refractivity contribution in [1.82, 2.24) is 4.90 Å². The van der Waals surface area contributed by atoms with Crippen LogP contribution in [0.1, 0.15) is 36.0 Å². The molecule has 0 spiro atoms. The molecule has 1 aliphatic heterocycles. The highest BCUT2D eigenvalue weighted by Crippen LogP contribution is 2.34. The van der Waals surface area contributed by atoms with Gasteiger partial charge in [0, 0.05) is 6.54 Å². The molecule has 0 N–H and O–H groups in total. The van der Waals surface area contributed by atoms with Gasteiger partial charge in [-0.05, 0) is 25.0 Å². The van der Waals surface area contributed by atoms with Crippen molar-refractivity contribution >= 4 is 5.91 Å². The first kappa shape index (κ1) is 15.2. The summed E-state index contributed by atoms with van der Waals surface area (Å²) in [5, 5.41) is 0. The minimum absolute atomic E-state index is 0.0190. The van der Waals surface area contributed by atoms with Crippen LogP contribution >= 0.6 is 0 Å². The second-order valence-electron chi connectivity index (χ2n) is 5.80. The smallest absolute Gasteiger partial charge is 0.261 e. The van der Waals surface area contributed by atoms with Gasteiger partial charge in [-0.3, -0.25) is 4.79 Å². The fourth-order valence-corrected chi connectivity index (χ4v) is 3.55. The SMILES string of the molecule is COc1cccc(OC)c1C(=O)N1CCO[C@H]2CCCC[C@@H]21. The topological polar surface area (TPSA) is 48.0 Å². The van der Waals surface area contributed by atoms with Crippen molar-refractivity contribution in [3.63, 3.8) is 0 Å². The summed E-state index contributed by atoms with van der Waals surface area (Å²) in [7, 11) is 3.16. The Morgan fingerprint density at radius 1 is 1.18 bits per heavy atom. The molecule has 5 heteroatoms. The van der Waals surface area contributed by atoms with E-state index in [2.05, 4.69) is 0 Å². The van der Waals surface area contributed by atoms with Crippen LogP contribution in [-0.2, 0) is 4.74 Å². The van der Waals surface area contributed by atoms with Gasteiger partial charge in [0.15, 0.2) is 0 Å². The van der Waals surface area contributed by atoms with E-state index in [4.69, 9.17) is 14.2 Å². The van der Waals surface area contributed by atoms with Crippen molar-refractivity contribution in [1.29, 1.82) is 0 Å². The molecule has 120 valence electrons. The zero-order chi connectivity index (χ0) is 15.5. The van der Waals surface area contributed by atoms with E-state index in [1.807, 2.05) is 11.0 Å². The lowest BCUT2D eigenvalue weighted by atomic mass is 9.89. The second-order valence-corrected chi connectivity index (χ2v) is 5.80. The van der Waals surface area contributed by atoms with Crippen molar-refractivity contribution in [2.75, 3.05) is 27.4 Å². The number of rotatable bonds is 3. The molecule has 1 aromatic carbocycles. The van der Waals surface area contributed by atoms with Crippen LogP contribution in [0.2, 0.25) is 0 Å². The van der Waals surface area contributed by atoms with Crippen molar-refractivity contribution in [3.8, 4) is 11.5 Å². The van der Waals surface area contributed by atoms with Gasteiger partial charge in [0.05, 0.1) is 33.0 Å². The largest absolute Gasteiger partial charge is 0.496 e. The number of methoxy groups -OCH3 is 2. The van der Waals surface area contributed by atoms with E-state index < -0.39 is 0 Å². The van der Waals surface area contributed by atoms with Gasteiger partial charge in [-0.15, -0.1) is 0 Å². The Labute approximate surface area is 131 Å². The molecular formula is C17H23NO4. The van der Waals surface area contributed by atoms with E-state index in [-0.39, 0.29) is 18.1 Å². The Morgan fingerprint density at radius 2 is 1.86 bits per heavy atom. The average molecular weight is 305 g/mol. The summed E-state index contributed by atoms with van der Waals surface area (Å²) in [6, 6.07) is 5.60. The number of ether oxygens (including phenoxy) is 3. The van der Waals surface area contributed by atoms with Crippen LogP contribution in [0, 0.1) is 0 Å². The van der Waals surface area contributed by atoms with Gasteiger partial charge in [-0.1, -0.05) is 18.9 Å². The summed E-state index contributed by atoms with van der Waals surface area (Å²) in [5.74, 6) is 1.10. The zero-order valence-corrected chi connectivity index (χ0v) is 13.2. The third kappa shape index (κ3) is 2.65. The Balaban J connectivity index is 1.93. The molecule has 22 heavy (non-hydrogen) atoms. The molecule has 1 heterocycles. The fraction of sp³-hybridized carbons (Fsp3) is 0.588. The van der Waals surface area contributed by atoms with Gasteiger partial charge < -0.3 is 19.1 Å². The lowest BCUT2D eigenvalue weighted by Crippen LogP contribution is -2.54. The van der Waals surface area contributed by atoms with Crippen molar-refractivity contribution in [3.05, 3.63) is 23.8 Å². The lowest BCUT2D eigenvalue weighted by Gasteiger charge is -2.44. The van der Waals surface area contributed by atoms with Crippen LogP contribution < -0.4 is 9.47 Å². The zero-order valence-electron chi connectivity index (χ0n) is 13.2. The number of amides is 1. The number of benzene rings is 1. The van der Waals surface area contributed by atoms with E-state index in [1.54, 1.807) is 26.4 Å². The maximum Gasteiger partial charge on any atom is 0.261 e. The minimum atomic E-state index is -0.0190. The summed E-state index contributed by atoms with van der Waals surface area (Å²) in [6.07, 6.45) is 4.55. The van der Waals surface area contributed by atoms with Crippen LogP contribution in [0.25, 0.3) is 0 Å². The number of nitrogens with zero attached hydrogens (tertiary/aromatic N) is 1. The first-order chi connectivity index (χ1) is 10.8. The molecule has 1 aliphatic carbocycles. The van der Waals surface area contributed by atoms with Crippen molar-refractivity contribution in [2.24, 2.45) is 0 Å². The van der Waals surface area contributed by atoms with Gasteiger partial charge in [-0.2, -0.15) is 0 Å². The third-order valence-electron chi connectivity index (χ3n) is 4.63. The molecule has 1 saturated heterocycles. The molecule has 1 amide bonds. The van der Waals surface area contributed by atoms with Crippen LogP contribution in [-0.4, -0.2) is 50.3 Å². The first-order valence-corrected chi connectivity index (χ1v) is 7.90. The molecule has 0 aromatic heterocycles. The highest BCUT2D eigenvalue weighted by atomic mass is 16.5. The summed E-state index contributed by atoms with van der Waals surface area (Å²) in [4.78, 5) is 15.1. The van der Waals surface area contributed by atoms with Gasteiger partial charge in [0.2, 0.25) is 0 Å². The molecule has 2 atom stereocenters. The highest BCUT2D eigenvalue weighted by Gasteiger charge is 2.38. The summed E-state index contributed by atoms with van der Waals surface area (Å²) < 4.78 is 16.6. The highest BCUT2D eigenvalue weighted by molar-refractivity contribution is 6.00. The second kappa shape index (κ2) is 6.57. The van der Waals surface area contributed by atoms with Crippen LogP contribution in [0.3, 0.4) is 0 Å². The third-order valence-corrected chi connectivity index (χ3v) is 4.63. The predicted octanol–water partition coefficient (Wildman–Crippen LogP) is 2.49. The Hall–Kier alpha value is -1.75. The number of morpholine rings is 1. The Morgan fingerprint density at radius 3 is 2.55 bits per heavy atom. The van der Waals surface area contributed by atoms with Crippen LogP contribution in [0.4, 0.5) is 0 Å². The van der Waals surface area contributed by atoms with Crippen LogP contribution in [0.15, 0.2) is 18.2 Å². The molecular weight excluding hydrogens is 282 g/mol. The minimum Gasteiger partial charge on any atom is -0.496 e. The van der Waals surface area contributed by atoms with E-state index in [1.165, 1.54) is 6.42 Å². The molecule has 2 aliphatic rings. The number of hydrogen-bond donors (Lipinski definition) is 0. The maximum absolute atomic E-state index is 13.1. The molecule has 0 radical (unpaired) electrons.